The lowest BCUT2D eigenvalue weighted by Gasteiger charge is -2.34. The summed E-state index contributed by atoms with van der Waals surface area (Å²) in [6, 6.07) is 1.93. The van der Waals surface area contributed by atoms with Gasteiger partial charge in [0, 0.05) is 25.2 Å². The van der Waals surface area contributed by atoms with Crippen LogP contribution < -0.4 is 5.32 Å². The van der Waals surface area contributed by atoms with E-state index in [1.165, 1.54) is 13.0 Å². The van der Waals surface area contributed by atoms with Crippen LogP contribution in [-0.4, -0.2) is 40.8 Å². The standard InChI is InChI=1S/C15H19FN2O3/c1-3-13-15(21)17-4-5-18(13)8-10-6-11(16)7-12(9(2)19)14(10)20/h6-7,13,20H,3-5,8H2,1-2H3,(H,17,21). The van der Waals surface area contributed by atoms with Crippen LogP contribution in [0.1, 0.15) is 36.2 Å². The molecule has 1 fully saturated rings. The molecule has 1 amide bonds. The molecule has 1 aliphatic rings. The Morgan fingerprint density at radius 2 is 2.24 bits per heavy atom. The number of carbonyl (C=O) groups is 2. The van der Waals surface area contributed by atoms with E-state index < -0.39 is 11.6 Å². The van der Waals surface area contributed by atoms with Crippen molar-refractivity contribution < 1.29 is 19.1 Å². The van der Waals surface area contributed by atoms with E-state index in [4.69, 9.17) is 0 Å². The number of benzene rings is 1. The van der Waals surface area contributed by atoms with E-state index in [2.05, 4.69) is 5.32 Å². The van der Waals surface area contributed by atoms with E-state index in [0.29, 0.717) is 25.1 Å². The molecule has 1 aliphatic heterocycles. The lowest BCUT2D eigenvalue weighted by Crippen LogP contribution is -2.54. The number of nitrogens with one attached hydrogen (secondary N) is 1. The zero-order valence-electron chi connectivity index (χ0n) is 12.1. The number of Topliss-reactive ketones (excluding diaryl/α,β-unsaturated/α-hetero) is 1. The van der Waals surface area contributed by atoms with Gasteiger partial charge in [-0.1, -0.05) is 6.92 Å². The van der Waals surface area contributed by atoms with Gasteiger partial charge >= 0.3 is 0 Å². The zero-order valence-corrected chi connectivity index (χ0v) is 12.1. The highest BCUT2D eigenvalue weighted by Crippen LogP contribution is 2.27. The number of phenols is 1. The Hall–Kier alpha value is -1.95. The van der Waals surface area contributed by atoms with Crippen LogP contribution in [0.3, 0.4) is 0 Å². The third kappa shape index (κ3) is 3.21. The normalized spacial score (nSPS) is 19.4. The van der Waals surface area contributed by atoms with E-state index in [0.717, 1.165) is 6.07 Å². The molecule has 0 radical (unpaired) electrons. The summed E-state index contributed by atoms with van der Waals surface area (Å²) in [5.41, 5.74) is 0.299. The predicted octanol–water partition coefficient (Wildman–Crippen LogP) is 1.44. The van der Waals surface area contributed by atoms with Crippen molar-refractivity contribution in [3.63, 3.8) is 0 Å². The lowest BCUT2D eigenvalue weighted by atomic mass is 10.0. The Bertz CT molecular complexity index is 574. The summed E-state index contributed by atoms with van der Waals surface area (Å²) >= 11 is 0. The fourth-order valence-corrected chi connectivity index (χ4v) is 2.66. The molecule has 0 bridgehead atoms. The van der Waals surface area contributed by atoms with Gasteiger partial charge in [-0.2, -0.15) is 0 Å². The predicted molar refractivity (Wildman–Crippen MR) is 75.6 cm³/mol. The van der Waals surface area contributed by atoms with Crippen molar-refractivity contribution in [3.8, 4) is 5.75 Å². The third-order valence-electron chi connectivity index (χ3n) is 3.73. The molecule has 1 unspecified atom stereocenters. The van der Waals surface area contributed by atoms with Crippen LogP contribution >= 0.6 is 0 Å². The number of carbonyl (C=O) groups excluding carboxylic acids is 2. The average Bonchev–Trinajstić information content (AvgIpc) is 2.42. The molecule has 1 saturated heterocycles. The highest BCUT2D eigenvalue weighted by atomic mass is 19.1. The quantitative estimate of drug-likeness (QED) is 0.825. The van der Waals surface area contributed by atoms with Crippen LogP contribution in [0.2, 0.25) is 0 Å². The molecular weight excluding hydrogens is 275 g/mol. The average molecular weight is 294 g/mol. The van der Waals surface area contributed by atoms with Crippen LogP contribution in [0.25, 0.3) is 0 Å². The summed E-state index contributed by atoms with van der Waals surface area (Å²) in [5, 5.41) is 12.9. The second-order valence-corrected chi connectivity index (χ2v) is 5.20. The van der Waals surface area contributed by atoms with Crippen LogP contribution in [0.4, 0.5) is 4.39 Å². The van der Waals surface area contributed by atoms with Crippen molar-refractivity contribution in [2.45, 2.75) is 32.9 Å². The number of piperazine rings is 1. The van der Waals surface area contributed by atoms with Crippen molar-refractivity contribution in [1.82, 2.24) is 10.2 Å². The van der Waals surface area contributed by atoms with Crippen molar-refractivity contribution in [1.29, 1.82) is 0 Å². The van der Waals surface area contributed by atoms with Gasteiger partial charge < -0.3 is 10.4 Å². The van der Waals surface area contributed by atoms with Gasteiger partial charge in [0.15, 0.2) is 5.78 Å². The molecule has 1 aromatic rings. The van der Waals surface area contributed by atoms with E-state index in [-0.39, 0.29) is 29.8 Å². The number of nitrogens with zero attached hydrogens (tertiary/aromatic N) is 1. The first kappa shape index (κ1) is 15.4. The smallest absolute Gasteiger partial charge is 0.237 e. The molecule has 1 heterocycles. The highest BCUT2D eigenvalue weighted by Gasteiger charge is 2.29. The van der Waals surface area contributed by atoms with Gasteiger partial charge in [0.2, 0.25) is 5.91 Å². The molecule has 2 N–H and O–H groups in total. The second-order valence-electron chi connectivity index (χ2n) is 5.20. The van der Waals surface area contributed by atoms with Crippen molar-refractivity contribution in [3.05, 3.63) is 29.1 Å². The number of hydrogen-bond donors (Lipinski definition) is 2. The maximum Gasteiger partial charge on any atom is 0.237 e. The minimum atomic E-state index is -0.567. The van der Waals surface area contributed by atoms with Gasteiger partial charge in [-0.15, -0.1) is 0 Å². The van der Waals surface area contributed by atoms with Gasteiger partial charge in [0.05, 0.1) is 11.6 Å². The minimum absolute atomic E-state index is 0.0282. The van der Waals surface area contributed by atoms with Crippen molar-refractivity contribution >= 4 is 11.7 Å². The Morgan fingerprint density at radius 1 is 1.52 bits per heavy atom. The van der Waals surface area contributed by atoms with Gasteiger partial charge in [-0.25, -0.2) is 4.39 Å². The van der Waals surface area contributed by atoms with E-state index in [9.17, 15) is 19.1 Å². The SMILES string of the molecule is CCC1C(=O)NCCN1Cc1cc(F)cc(C(C)=O)c1O. The van der Waals surface area contributed by atoms with Gasteiger partial charge in [-0.3, -0.25) is 14.5 Å². The summed E-state index contributed by atoms with van der Waals surface area (Å²) in [5.74, 6) is -1.23. The molecule has 0 saturated carbocycles. The number of phenolic OH excluding ortho intramolecular Hbond substituents is 1. The number of amides is 1. The number of aromatic hydroxyl groups is 1. The summed E-state index contributed by atoms with van der Waals surface area (Å²) in [7, 11) is 0. The van der Waals surface area contributed by atoms with Gasteiger partial charge in [0.1, 0.15) is 11.6 Å². The van der Waals surface area contributed by atoms with Crippen LogP contribution in [0, 0.1) is 5.82 Å². The highest BCUT2D eigenvalue weighted by molar-refractivity contribution is 5.97. The van der Waals surface area contributed by atoms with Crippen molar-refractivity contribution in [2.24, 2.45) is 0 Å². The van der Waals surface area contributed by atoms with E-state index >= 15 is 0 Å². The molecule has 2 rings (SSSR count). The molecular formula is C15H19FN2O3. The molecule has 0 aromatic heterocycles. The van der Waals surface area contributed by atoms with Gasteiger partial charge in [0.25, 0.3) is 0 Å². The first-order chi connectivity index (χ1) is 9.93. The minimum Gasteiger partial charge on any atom is -0.507 e. The number of halogens is 1. The number of hydrogen-bond acceptors (Lipinski definition) is 4. The fourth-order valence-electron chi connectivity index (χ4n) is 2.66. The lowest BCUT2D eigenvalue weighted by molar-refractivity contribution is -0.129. The Kier molecular flexibility index (Phi) is 4.57. The monoisotopic (exact) mass is 294 g/mol. The maximum absolute atomic E-state index is 13.6. The third-order valence-corrected chi connectivity index (χ3v) is 3.73. The maximum atomic E-state index is 13.6. The van der Waals surface area contributed by atoms with Crippen LogP contribution in [0.15, 0.2) is 12.1 Å². The molecule has 6 heteroatoms. The van der Waals surface area contributed by atoms with Crippen LogP contribution in [0.5, 0.6) is 5.75 Å². The number of ketones is 1. The molecule has 0 spiro atoms. The molecule has 1 aromatic carbocycles. The van der Waals surface area contributed by atoms with E-state index in [1.807, 2.05) is 11.8 Å². The summed E-state index contributed by atoms with van der Waals surface area (Å²) in [4.78, 5) is 25.1. The Balaban J connectivity index is 2.30. The molecule has 1 atom stereocenters. The second kappa shape index (κ2) is 6.22. The summed E-state index contributed by atoms with van der Waals surface area (Å²) < 4.78 is 13.6. The summed E-state index contributed by atoms with van der Waals surface area (Å²) in [6.45, 7) is 4.55. The zero-order chi connectivity index (χ0) is 15.6. The summed E-state index contributed by atoms with van der Waals surface area (Å²) in [6.07, 6.45) is 0.626. The van der Waals surface area contributed by atoms with Crippen molar-refractivity contribution in [2.75, 3.05) is 13.1 Å². The van der Waals surface area contributed by atoms with Crippen LogP contribution in [-0.2, 0) is 11.3 Å². The molecule has 114 valence electrons. The first-order valence-electron chi connectivity index (χ1n) is 6.98. The topological polar surface area (TPSA) is 69.6 Å². The number of rotatable bonds is 4. The largest absolute Gasteiger partial charge is 0.507 e. The molecule has 21 heavy (non-hydrogen) atoms. The molecule has 0 aliphatic carbocycles. The first-order valence-corrected chi connectivity index (χ1v) is 6.98. The molecule has 5 nitrogen and oxygen atoms in total. The van der Waals surface area contributed by atoms with E-state index in [1.54, 1.807) is 0 Å². The van der Waals surface area contributed by atoms with Gasteiger partial charge in [-0.05, 0) is 25.5 Å². The Labute approximate surface area is 122 Å². The fraction of sp³-hybridized carbons (Fsp3) is 0.467. The Morgan fingerprint density at radius 3 is 2.86 bits per heavy atom.